The van der Waals surface area contributed by atoms with Crippen LogP contribution >= 0.6 is 0 Å². The van der Waals surface area contributed by atoms with Gasteiger partial charge in [0.2, 0.25) is 0 Å². The van der Waals surface area contributed by atoms with Gasteiger partial charge in [0, 0.05) is 5.56 Å². The van der Waals surface area contributed by atoms with Gasteiger partial charge in [0.1, 0.15) is 11.8 Å². The van der Waals surface area contributed by atoms with E-state index in [2.05, 4.69) is 11.8 Å². The van der Waals surface area contributed by atoms with Crippen molar-refractivity contribution in [3.63, 3.8) is 0 Å². The Morgan fingerprint density at radius 1 is 1.50 bits per heavy atom. The van der Waals surface area contributed by atoms with Crippen molar-refractivity contribution in [2.24, 2.45) is 5.73 Å². The highest BCUT2D eigenvalue weighted by Crippen LogP contribution is 2.17. The third-order valence-corrected chi connectivity index (χ3v) is 1.65. The lowest BCUT2D eigenvalue weighted by Crippen LogP contribution is -1.93. The van der Waals surface area contributed by atoms with Gasteiger partial charge in [-0.3, -0.25) is 0 Å². The van der Waals surface area contributed by atoms with E-state index >= 15 is 0 Å². The lowest BCUT2D eigenvalue weighted by atomic mass is 10.1. The molecular weight excluding hydrogens is 176 g/mol. The fourth-order valence-corrected chi connectivity index (χ4v) is 1.03. The molecule has 0 radical (unpaired) electrons. The number of nitriles is 1. The number of nitrogens with zero attached hydrogens (tertiary/aromatic N) is 1. The topological polar surface area (TPSA) is 59.0 Å². The zero-order valence-electron chi connectivity index (χ0n) is 7.87. The summed E-state index contributed by atoms with van der Waals surface area (Å²) in [6.45, 7) is 0.313. The highest BCUT2D eigenvalue weighted by atomic mass is 16.5. The van der Waals surface area contributed by atoms with Crippen molar-refractivity contribution in [2.45, 2.75) is 0 Å². The molecule has 0 unspecified atom stereocenters. The van der Waals surface area contributed by atoms with Gasteiger partial charge in [0.05, 0.1) is 19.2 Å². The molecule has 0 aliphatic rings. The predicted octanol–water partition coefficient (Wildman–Crippen LogP) is 0.877. The summed E-state index contributed by atoms with van der Waals surface area (Å²) >= 11 is 0. The Morgan fingerprint density at radius 3 is 2.86 bits per heavy atom. The van der Waals surface area contributed by atoms with Crippen LogP contribution in [0.2, 0.25) is 0 Å². The average molecular weight is 186 g/mol. The zero-order chi connectivity index (χ0) is 10.4. The van der Waals surface area contributed by atoms with Gasteiger partial charge in [-0.2, -0.15) is 5.26 Å². The van der Waals surface area contributed by atoms with Gasteiger partial charge in [-0.15, -0.1) is 0 Å². The van der Waals surface area contributed by atoms with Crippen LogP contribution in [0.15, 0.2) is 18.2 Å². The smallest absolute Gasteiger partial charge is 0.136 e. The number of hydrogen-bond donors (Lipinski definition) is 1. The van der Waals surface area contributed by atoms with Crippen LogP contribution in [0.5, 0.6) is 5.75 Å². The van der Waals surface area contributed by atoms with E-state index in [1.165, 1.54) is 7.11 Å². The van der Waals surface area contributed by atoms with Crippen molar-refractivity contribution in [3.8, 4) is 23.7 Å². The van der Waals surface area contributed by atoms with Gasteiger partial charge in [0.25, 0.3) is 0 Å². The van der Waals surface area contributed by atoms with Crippen LogP contribution in [0.4, 0.5) is 0 Å². The number of nitrogens with two attached hydrogens (primary N) is 1. The van der Waals surface area contributed by atoms with Crippen LogP contribution in [0.3, 0.4) is 0 Å². The first-order valence-corrected chi connectivity index (χ1v) is 4.09. The molecular formula is C11H10N2O. The molecule has 0 aromatic heterocycles. The Morgan fingerprint density at radius 2 is 2.29 bits per heavy atom. The molecule has 70 valence electrons. The quantitative estimate of drug-likeness (QED) is 0.662. The molecule has 3 nitrogen and oxygen atoms in total. The maximum atomic E-state index is 8.80. The molecule has 1 aromatic carbocycles. The first-order valence-electron chi connectivity index (χ1n) is 4.09. The molecule has 14 heavy (non-hydrogen) atoms. The standard InChI is InChI=1S/C11H10N2O/c1-14-11-5-4-9(3-2-6-12)7-10(11)8-13/h4-5,7H,6,12H2,1H3. The molecule has 1 aromatic rings. The maximum Gasteiger partial charge on any atom is 0.136 e. The van der Waals surface area contributed by atoms with Gasteiger partial charge in [-0.1, -0.05) is 11.8 Å². The van der Waals surface area contributed by atoms with E-state index in [9.17, 15) is 0 Å². The molecule has 0 fully saturated rings. The van der Waals surface area contributed by atoms with Crippen molar-refractivity contribution in [1.82, 2.24) is 0 Å². The first-order chi connectivity index (χ1) is 6.81. The monoisotopic (exact) mass is 186 g/mol. The van der Waals surface area contributed by atoms with Crippen molar-refractivity contribution >= 4 is 0 Å². The summed E-state index contributed by atoms with van der Waals surface area (Å²) in [5, 5.41) is 8.80. The summed E-state index contributed by atoms with van der Waals surface area (Å²) in [6, 6.07) is 7.24. The predicted molar refractivity (Wildman–Crippen MR) is 53.6 cm³/mol. The van der Waals surface area contributed by atoms with E-state index < -0.39 is 0 Å². The van der Waals surface area contributed by atoms with Gasteiger partial charge in [-0.05, 0) is 18.2 Å². The maximum absolute atomic E-state index is 8.80. The van der Waals surface area contributed by atoms with Gasteiger partial charge in [-0.25, -0.2) is 0 Å². The Labute approximate surface area is 83.1 Å². The van der Waals surface area contributed by atoms with Gasteiger partial charge in [0.15, 0.2) is 0 Å². The molecule has 0 heterocycles. The Kier molecular flexibility index (Phi) is 3.55. The minimum Gasteiger partial charge on any atom is -0.495 e. The van der Waals surface area contributed by atoms with E-state index in [-0.39, 0.29) is 0 Å². The normalized spacial score (nSPS) is 8.36. The molecule has 0 aliphatic carbocycles. The van der Waals surface area contributed by atoms with Crippen molar-refractivity contribution in [3.05, 3.63) is 29.3 Å². The summed E-state index contributed by atoms with van der Waals surface area (Å²) in [4.78, 5) is 0. The van der Waals surface area contributed by atoms with E-state index in [0.29, 0.717) is 17.9 Å². The van der Waals surface area contributed by atoms with Crippen molar-refractivity contribution in [2.75, 3.05) is 13.7 Å². The molecule has 0 aliphatic heterocycles. The summed E-state index contributed by atoms with van der Waals surface area (Å²) in [6.07, 6.45) is 0. The molecule has 0 spiro atoms. The number of ether oxygens (including phenoxy) is 1. The van der Waals surface area contributed by atoms with Crippen molar-refractivity contribution < 1.29 is 4.74 Å². The average Bonchev–Trinajstić information content (AvgIpc) is 2.25. The number of rotatable bonds is 1. The Hall–Kier alpha value is -1.97. The lowest BCUT2D eigenvalue weighted by Gasteiger charge is -2.01. The van der Waals surface area contributed by atoms with Crippen LogP contribution in [0, 0.1) is 23.2 Å². The summed E-state index contributed by atoms with van der Waals surface area (Å²) in [7, 11) is 1.53. The van der Waals surface area contributed by atoms with Gasteiger partial charge >= 0.3 is 0 Å². The van der Waals surface area contributed by atoms with Crippen LogP contribution in [-0.4, -0.2) is 13.7 Å². The van der Waals surface area contributed by atoms with E-state index in [0.717, 1.165) is 5.56 Å². The third-order valence-electron chi connectivity index (χ3n) is 1.65. The second-order valence-electron chi connectivity index (χ2n) is 2.53. The van der Waals surface area contributed by atoms with E-state index in [1.807, 2.05) is 6.07 Å². The first kappa shape index (κ1) is 10.1. The molecule has 0 amide bonds. The Bertz CT molecular complexity index is 421. The fourth-order valence-electron chi connectivity index (χ4n) is 1.03. The van der Waals surface area contributed by atoms with E-state index in [1.54, 1.807) is 18.2 Å². The second kappa shape index (κ2) is 4.91. The number of benzene rings is 1. The second-order valence-corrected chi connectivity index (χ2v) is 2.53. The Balaban J connectivity index is 3.09. The minimum atomic E-state index is 0.313. The molecule has 0 saturated carbocycles. The molecule has 1 rings (SSSR count). The fraction of sp³-hybridized carbons (Fsp3) is 0.182. The largest absolute Gasteiger partial charge is 0.495 e. The van der Waals surface area contributed by atoms with Crippen LogP contribution in [0.1, 0.15) is 11.1 Å². The molecule has 0 bridgehead atoms. The number of hydrogen-bond acceptors (Lipinski definition) is 3. The third kappa shape index (κ3) is 2.26. The lowest BCUT2D eigenvalue weighted by molar-refractivity contribution is 0.413. The SMILES string of the molecule is COc1ccc(C#CCN)cc1C#N. The number of methoxy groups -OCH3 is 1. The van der Waals surface area contributed by atoms with E-state index in [4.69, 9.17) is 15.7 Å². The van der Waals surface area contributed by atoms with Crippen LogP contribution < -0.4 is 10.5 Å². The van der Waals surface area contributed by atoms with Crippen LogP contribution in [0.25, 0.3) is 0 Å². The van der Waals surface area contributed by atoms with Gasteiger partial charge < -0.3 is 10.5 Å². The highest BCUT2D eigenvalue weighted by Gasteiger charge is 2.01. The minimum absolute atomic E-state index is 0.313. The molecule has 0 saturated heterocycles. The van der Waals surface area contributed by atoms with Crippen LogP contribution in [-0.2, 0) is 0 Å². The molecule has 3 heteroatoms. The zero-order valence-corrected chi connectivity index (χ0v) is 7.87. The molecule has 2 N–H and O–H groups in total. The summed E-state index contributed by atoms with van der Waals surface area (Å²) in [5.74, 6) is 6.13. The summed E-state index contributed by atoms with van der Waals surface area (Å²) in [5.41, 5.74) is 6.49. The highest BCUT2D eigenvalue weighted by molar-refractivity contribution is 5.49. The van der Waals surface area contributed by atoms with Crippen molar-refractivity contribution in [1.29, 1.82) is 5.26 Å². The molecule has 0 atom stereocenters. The summed E-state index contributed by atoms with van der Waals surface area (Å²) < 4.78 is 5.00.